The molecule has 1 saturated carbocycles. The van der Waals surface area contributed by atoms with Crippen molar-refractivity contribution < 1.29 is 19.1 Å². The minimum absolute atomic E-state index is 0.172. The number of carboxylic acids is 1. The van der Waals surface area contributed by atoms with Gasteiger partial charge in [0.1, 0.15) is 11.4 Å². The first-order valence-corrected chi connectivity index (χ1v) is 5.75. The van der Waals surface area contributed by atoms with E-state index in [1.54, 1.807) is 0 Å². The van der Waals surface area contributed by atoms with Gasteiger partial charge in [-0.2, -0.15) is 0 Å². The van der Waals surface area contributed by atoms with E-state index < -0.39 is 23.2 Å². The number of hydrogen-bond acceptors (Lipinski definition) is 2. The molecule has 0 bridgehead atoms. The maximum absolute atomic E-state index is 13.0. The minimum atomic E-state index is -1.13. The van der Waals surface area contributed by atoms with Crippen molar-refractivity contribution in [3.05, 3.63) is 34.1 Å². The fraction of sp³-hybridized carbons (Fsp3) is 0.273. The van der Waals surface area contributed by atoms with Crippen LogP contribution < -0.4 is 5.32 Å². The number of halogens is 2. The lowest BCUT2D eigenvalue weighted by Crippen LogP contribution is -2.43. The van der Waals surface area contributed by atoms with Gasteiger partial charge < -0.3 is 10.4 Å². The predicted octanol–water partition coefficient (Wildman–Crippen LogP) is 1.94. The average Bonchev–Trinajstić information content (AvgIpc) is 3.03. The van der Waals surface area contributed by atoms with Gasteiger partial charge in [0.15, 0.2) is 0 Å². The number of carbonyl (C=O) groups excluding carboxylic acids is 1. The molecule has 4 nitrogen and oxygen atoms in total. The zero-order chi connectivity index (χ0) is 12.6. The molecule has 1 aromatic rings. The standard InChI is InChI=1S/C11H9BrFNO3/c12-7-5-6(1-2-8(7)13)9(15)14-11(3-4-11)10(16)17/h1-2,5H,3-4H2,(H,14,15)(H,16,17). The number of aliphatic carboxylic acids is 1. The second-order valence-corrected chi connectivity index (χ2v) is 4.82. The Kier molecular flexibility index (Phi) is 2.91. The molecule has 2 rings (SSSR count). The first-order valence-electron chi connectivity index (χ1n) is 4.95. The Morgan fingerprint density at radius 2 is 2.06 bits per heavy atom. The SMILES string of the molecule is O=C(NC1(C(=O)O)CC1)c1ccc(F)c(Br)c1. The molecule has 0 atom stereocenters. The van der Waals surface area contributed by atoms with Gasteiger partial charge in [0.2, 0.25) is 0 Å². The van der Waals surface area contributed by atoms with Crippen molar-refractivity contribution in [1.29, 1.82) is 0 Å². The molecular formula is C11H9BrFNO3. The summed E-state index contributed by atoms with van der Waals surface area (Å²) in [6, 6.07) is 3.79. The van der Waals surface area contributed by atoms with E-state index in [1.807, 2.05) is 0 Å². The van der Waals surface area contributed by atoms with Crippen molar-refractivity contribution in [2.75, 3.05) is 0 Å². The van der Waals surface area contributed by atoms with Crippen LogP contribution in [0, 0.1) is 5.82 Å². The van der Waals surface area contributed by atoms with E-state index in [0.717, 1.165) is 6.07 Å². The molecule has 6 heteroatoms. The Labute approximate surface area is 105 Å². The van der Waals surface area contributed by atoms with Crippen LogP contribution in [0.5, 0.6) is 0 Å². The smallest absolute Gasteiger partial charge is 0.329 e. The van der Waals surface area contributed by atoms with E-state index in [0.29, 0.717) is 12.8 Å². The summed E-state index contributed by atoms with van der Waals surface area (Å²) in [4.78, 5) is 22.6. The van der Waals surface area contributed by atoms with E-state index in [1.165, 1.54) is 12.1 Å². The molecule has 0 saturated heterocycles. The molecule has 0 heterocycles. The third-order valence-electron chi connectivity index (χ3n) is 2.69. The highest BCUT2D eigenvalue weighted by molar-refractivity contribution is 9.10. The van der Waals surface area contributed by atoms with E-state index in [9.17, 15) is 14.0 Å². The summed E-state index contributed by atoms with van der Waals surface area (Å²) in [7, 11) is 0. The van der Waals surface area contributed by atoms with Crippen molar-refractivity contribution in [3.8, 4) is 0 Å². The number of carboxylic acid groups (broad SMARTS) is 1. The van der Waals surface area contributed by atoms with Crippen LogP contribution in [0.2, 0.25) is 0 Å². The maximum Gasteiger partial charge on any atom is 0.329 e. The summed E-state index contributed by atoms with van der Waals surface area (Å²) in [6.45, 7) is 0. The quantitative estimate of drug-likeness (QED) is 0.896. The first kappa shape index (κ1) is 12.0. The van der Waals surface area contributed by atoms with Crippen molar-refractivity contribution in [2.24, 2.45) is 0 Å². The summed E-state index contributed by atoms with van der Waals surface area (Å²) >= 11 is 2.97. The molecule has 1 aromatic carbocycles. The van der Waals surface area contributed by atoms with Gasteiger partial charge in [-0.05, 0) is 47.0 Å². The van der Waals surface area contributed by atoms with Crippen molar-refractivity contribution in [2.45, 2.75) is 18.4 Å². The van der Waals surface area contributed by atoms with Crippen LogP contribution in [0.1, 0.15) is 23.2 Å². The molecule has 1 aliphatic carbocycles. The summed E-state index contributed by atoms with van der Waals surface area (Å²) < 4.78 is 13.1. The summed E-state index contributed by atoms with van der Waals surface area (Å²) in [5.74, 6) is -2.02. The fourth-order valence-corrected chi connectivity index (χ4v) is 1.82. The molecule has 1 fully saturated rings. The van der Waals surface area contributed by atoms with Crippen LogP contribution in [0.4, 0.5) is 4.39 Å². The lowest BCUT2D eigenvalue weighted by molar-refractivity contribution is -0.140. The molecule has 17 heavy (non-hydrogen) atoms. The van der Waals surface area contributed by atoms with Gasteiger partial charge >= 0.3 is 5.97 Å². The van der Waals surface area contributed by atoms with Gasteiger partial charge in [-0.1, -0.05) is 0 Å². The van der Waals surface area contributed by atoms with Gasteiger partial charge in [-0.25, -0.2) is 9.18 Å². The largest absolute Gasteiger partial charge is 0.480 e. The van der Waals surface area contributed by atoms with Crippen LogP contribution in [-0.4, -0.2) is 22.5 Å². The lowest BCUT2D eigenvalue weighted by atomic mass is 10.2. The van der Waals surface area contributed by atoms with Crippen LogP contribution >= 0.6 is 15.9 Å². The van der Waals surface area contributed by atoms with Gasteiger partial charge in [0.25, 0.3) is 5.91 Å². The van der Waals surface area contributed by atoms with E-state index in [4.69, 9.17) is 5.11 Å². The highest BCUT2D eigenvalue weighted by atomic mass is 79.9. The number of amides is 1. The summed E-state index contributed by atoms with van der Waals surface area (Å²) in [5, 5.41) is 11.4. The number of hydrogen-bond donors (Lipinski definition) is 2. The number of rotatable bonds is 3. The zero-order valence-corrected chi connectivity index (χ0v) is 10.3. The van der Waals surface area contributed by atoms with Crippen LogP contribution in [-0.2, 0) is 4.79 Å². The molecule has 0 spiro atoms. The second-order valence-electron chi connectivity index (χ2n) is 3.97. The highest BCUT2D eigenvalue weighted by Gasteiger charge is 2.51. The number of benzene rings is 1. The van der Waals surface area contributed by atoms with Crippen molar-refractivity contribution in [1.82, 2.24) is 5.32 Å². The van der Waals surface area contributed by atoms with Crippen molar-refractivity contribution >= 4 is 27.8 Å². The van der Waals surface area contributed by atoms with Crippen LogP contribution in [0.25, 0.3) is 0 Å². The van der Waals surface area contributed by atoms with Crippen molar-refractivity contribution in [3.63, 3.8) is 0 Å². The number of nitrogens with one attached hydrogen (secondary N) is 1. The Bertz CT molecular complexity index is 499. The summed E-state index contributed by atoms with van der Waals surface area (Å²) in [6.07, 6.45) is 0.854. The van der Waals surface area contributed by atoms with Crippen LogP contribution in [0.3, 0.4) is 0 Å². The van der Waals surface area contributed by atoms with E-state index >= 15 is 0 Å². The Morgan fingerprint density at radius 3 is 2.53 bits per heavy atom. The topological polar surface area (TPSA) is 66.4 Å². The molecule has 0 radical (unpaired) electrons. The van der Waals surface area contributed by atoms with Crippen LogP contribution in [0.15, 0.2) is 22.7 Å². The minimum Gasteiger partial charge on any atom is -0.480 e. The third-order valence-corrected chi connectivity index (χ3v) is 3.30. The normalized spacial score (nSPS) is 16.4. The predicted molar refractivity (Wildman–Crippen MR) is 61.2 cm³/mol. The Morgan fingerprint density at radius 1 is 1.41 bits per heavy atom. The molecular weight excluding hydrogens is 293 g/mol. The molecule has 90 valence electrons. The average molecular weight is 302 g/mol. The summed E-state index contributed by atoms with van der Waals surface area (Å²) in [5.41, 5.74) is -0.899. The fourth-order valence-electron chi connectivity index (χ4n) is 1.44. The third kappa shape index (κ3) is 2.31. The second kappa shape index (κ2) is 4.10. The Balaban J connectivity index is 2.15. The monoisotopic (exact) mass is 301 g/mol. The lowest BCUT2D eigenvalue weighted by Gasteiger charge is -2.12. The molecule has 0 aromatic heterocycles. The van der Waals surface area contributed by atoms with E-state index in [-0.39, 0.29) is 10.0 Å². The zero-order valence-electron chi connectivity index (χ0n) is 8.67. The molecule has 0 aliphatic heterocycles. The highest BCUT2D eigenvalue weighted by Crippen LogP contribution is 2.35. The van der Waals surface area contributed by atoms with Gasteiger partial charge in [-0.15, -0.1) is 0 Å². The number of carbonyl (C=O) groups is 2. The van der Waals surface area contributed by atoms with Gasteiger partial charge in [0.05, 0.1) is 4.47 Å². The molecule has 1 amide bonds. The maximum atomic E-state index is 13.0. The molecule has 0 unspecified atom stereocenters. The first-order chi connectivity index (χ1) is 7.94. The molecule has 1 aliphatic rings. The Hall–Kier alpha value is -1.43. The van der Waals surface area contributed by atoms with E-state index in [2.05, 4.69) is 21.2 Å². The molecule has 2 N–H and O–H groups in total. The van der Waals surface area contributed by atoms with Gasteiger partial charge in [0, 0.05) is 5.56 Å². The van der Waals surface area contributed by atoms with Gasteiger partial charge in [-0.3, -0.25) is 4.79 Å².